The minimum Gasteiger partial charge on any atom is -0.445 e. The Labute approximate surface area is 211 Å². The molecule has 1 aliphatic carbocycles. The fourth-order valence-corrected chi connectivity index (χ4v) is 5.90. The Kier molecular flexibility index (Phi) is 8.22. The fraction of sp³-hybridized carbons (Fsp3) is 0.333. The van der Waals surface area contributed by atoms with Crippen LogP contribution in [0, 0.1) is 0 Å². The smallest absolute Gasteiger partial charge is 0.408 e. The predicted octanol–water partition coefficient (Wildman–Crippen LogP) is 4.70. The SMILES string of the molecule is C[C@H](NC(=O)OCc1ccccc1)C(=O)Nc1cccc2c(S(=O)(=O)NC3CCCCC3)cccc12. The third-order valence-electron chi connectivity index (χ3n) is 6.30. The van der Waals surface area contributed by atoms with Crippen molar-refractivity contribution >= 4 is 38.5 Å². The van der Waals surface area contributed by atoms with Crippen molar-refractivity contribution in [1.29, 1.82) is 0 Å². The van der Waals surface area contributed by atoms with Gasteiger partial charge in [-0.25, -0.2) is 17.9 Å². The van der Waals surface area contributed by atoms with Gasteiger partial charge in [-0.2, -0.15) is 0 Å². The van der Waals surface area contributed by atoms with Crippen LogP contribution in [0.15, 0.2) is 71.6 Å². The minimum absolute atomic E-state index is 0.0598. The summed E-state index contributed by atoms with van der Waals surface area (Å²) in [7, 11) is -3.73. The molecule has 8 nitrogen and oxygen atoms in total. The van der Waals surface area contributed by atoms with Crippen molar-refractivity contribution in [3.63, 3.8) is 0 Å². The molecule has 3 aromatic rings. The van der Waals surface area contributed by atoms with E-state index in [1.54, 1.807) is 43.3 Å². The molecule has 0 aromatic heterocycles. The second kappa shape index (κ2) is 11.5. The van der Waals surface area contributed by atoms with E-state index < -0.39 is 28.1 Å². The molecule has 1 saturated carbocycles. The normalized spacial score (nSPS) is 15.2. The maximum absolute atomic E-state index is 13.2. The van der Waals surface area contributed by atoms with Gasteiger partial charge in [-0.3, -0.25) is 4.79 Å². The van der Waals surface area contributed by atoms with Crippen LogP contribution in [0.1, 0.15) is 44.6 Å². The molecule has 0 heterocycles. The Bertz CT molecular complexity index is 1320. The fourth-order valence-electron chi connectivity index (χ4n) is 4.38. The number of nitrogens with one attached hydrogen (secondary N) is 3. The van der Waals surface area contributed by atoms with Gasteiger partial charge in [0.2, 0.25) is 15.9 Å². The lowest BCUT2D eigenvalue weighted by atomic mass is 9.96. The van der Waals surface area contributed by atoms with Crippen LogP contribution in [0.3, 0.4) is 0 Å². The van der Waals surface area contributed by atoms with E-state index in [0.29, 0.717) is 16.5 Å². The molecule has 190 valence electrons. The Morgan fingerprint density at radius 1 is 0.917 bits per heavy atom. The van der Waals surface area contributed by atoms with E-state index >= 15 is 0 Å². The van der Waals surface area contributed by atoms with Crippen LogP contribution in [-0.4, -0.2) is 32.5 Å². The summed E-state index contributed by atoms with van der Waals surface area (Å²) in [4.78, 5) is 25.1. The molecule has 0 spiro atoms. The molecule has 36 heavy (non-hydrogen) atoms. The van der Waals surface area contributed by atoms with Crippen LogP contribution in [0.2, 0.25) is 0 Å². The van der Waals surface area contributed by atoms with Gasteiger partial charge < -0.3 is 15.4 Å². The van der Waals surface area contributed by atoms with E-state index in [1.165, 1.54) is 0 Å². The Morgan fingerprint density at radius 2 is 1.61 bits per heavy atom. The number of rotatable bonds is 8. The highest BCUT2D eigenvalue weighted by atomic mass is 32.2. The average molecular weight is 510 g/mol. The number of amides is 2. The van der Waals surface area contributed by atoms with Gasteiger partial charge in [0.25, 0.3) is 0 Å². The standard InChI is InChI=1S/C27H31N3O5S/c1-19(28-27(32)35-18-20-10-4-2-5-11-20)26(31)29-24-16-8-15-23-22(24)14-9-17-25(23)36(33,34)30-21-12-6-3-7-13-21/h2,4-5,8-11,14-17,19,21,30H,3,6-7,12-13,18H2,1H3,(H,28,32)(H,29,31)/t19-/m0/s1. The summed E-state index contributed by atoms with van der Waals surface area (Å²) in [6.45, 7) is 1.64. The van der Waals surface area contributed by atoms with Crippen LogP contribution in [-0.2, 0) is 26.2 Å². The van der Waals surface area contributed by atoms with E-state index in [0.717, 1.165) is 37.7 Å². The molecule has 4 rings (SSSR count). The van der Waals surface area contributed by atoms with Crippen molar-refractivity contribution < 1.29 is 22.7 Å². The lowest BCUT2D eigenvalue weighted by Crippen LogP contribution is -2.41. The quantitative estimate of drug-likeness (QED) is 0.407. The molecule has 0 aliphatic heterocycles. The number of benzene rings is 3. The number of hydrogen-bond acceptors (Lipinski definition) is 5. The lowest BCUT2D eigenvalue weighted by molar-refractivity contribution is -0.117. The first kappa shape index (κ1) is 25.7. The number of sulfonamides is 1. The number of fused-ring (bicyclic) bond motifs is 1. The van der Waals surface area contributed by atoms with Crippen LogP contribution in [0.5, 0.6) is 0 Å². The molecule has 0 unspecified atom stereocenters. The first-order valence-electron chi connectivity index (χ1n) is 12.2. The van der Waals surface area contributed by atoms with Gasteiger partial charge in [0.1, 0.15) is 12.6 Å². The minimum atomic E-state index is -3.73. The maximum atomic E-state index is 13.2. The summed E-state index contributed by atoms with van der Waals surface area (Å²) in [6, 6.07) is 18.4. The molecule has 0 radical (unpaired) electrons. The molecule has 1 fully saturated rings. The van der Waals surface area contributed by atoms with Crippen molar-refractivity contribution in [2.45, 2.75) is 62.6 Å². The third-order valence-corrected chi connectivity index (χ3v) is 7.88. The van der Waals surface area contributed by atoms with E-state index in [4.69, 9.17) is 4.74 Å². The van der Waals surface area contributed by atoms with Gasteiger partial charge in [0.05, 0.1) is 4.90 Å². The first-order valence-corrected chi connectivity index (χ1v) is 13.6. The van der Waals surface area contributed by atoms with Gasteiger partial charge in [-0.15, -0.1) is 0 Å². The molecular weight excluding hydrogens is 478 g/mol. The van der Waals surface area contributed by atoms with Crippen molar-refractivity contribution in [2.24, 2.45) is 0 Å². The zero-order valence-electron chi connectivity index (χ0n) is 20.2. The summed E-state index contributed by atoms with van der Waals surface area (Å²) in [6.07, 6.45) is 4.14. The van der Waals surface area contributed by atoms with Crippen molar-refractivity contribution in [3.8, 4) is 0 Å². The summed E-state index contributed by atoms with van der Waals surface area (Å²) in [5, 5.41) is 6.43. The summed E-state index contributed by atoms with van der Waals surface area (Å²) < 4.78 is 34.4. The summed E-state index contributed by atoms with van der Waals surface area (Å²) in [5.74, 6) is -0.451. The van der Waals surface area contributed by atoms with Crippen LogP contribution < -0.4 is 15.4 Å². The molecule has 3 aromatic carbocycles. The van der Waals surface area contributed by atoms with Crippen LogP contribution in [0.4, 0.5) is 10.5 Å². The first-order chi connectivity index (χ1) is 17.3. The van der Waals surface area contributed by atoms with Crippen LogP contribution in [0.25, 0.3) is 10.8 Å². The zero-order valence-corrected chi connectivity index (χ0v) is 21.0. The molecule has 0 bridgehead atoms. The molecule has 2 amide bonds. The molecule has 3 N–H and O–H groups in total. The number of hydrogen-bond donors (Lipinski definition) is 3. The Hall–Kier alpha value is -3.43. The average Bonchev–Trinajstić information content (AvgIpc) is 2.88. The molecule has 0 saturated heterocycles. The van der Waals surface area contributed by atoms with Crippen molar-refractivity contribution in [1.82, 2.24) is 10.0 Å². The van der Waals surface area contributed by atoms with Gasteiger partial charge >= 0.3 is 6.09 Å². The zero-order chi connectivity index (χ0) is 25.5. The topological polar surface area (TPSA) is 114 Å². The Balaban J connectivity index is 1.44. The monoisotopic (exact) mass is 509 g/mol. The highest BCUT2D eigenvalue weighted by molar-refractivity contribution is 7.89. The van der Waals surface area contributed by atoms with E-state index in [9.17, 15) is 18.0 Å². The van der Waals surface area contributed by atoms with Crippen molar-refractivity contribution in [3.05, 3.63) is 72.3 Å². The van der Waals surface area contributed by atoms with E-state index in [1.807, 2.05) is 30.3 Å². The number of anilines is 1. The number of carbonyl (C=O) groups excluding carboxylic acids is 2. The second-order valence-corrected chi connectivity index (χ2v) is 10.7. The molecular formula is C27H31N3O5S. The maximum Gasteiger partial charge on any atom is 0.408 e. The number of carbonyl (C=O) groups is 2. The summed E-state index contributed by atoms with van der Waals surface area (Å²) >= 11 is 0. The van der Waals surface area contributed by atoms with Gasteiger partial charge in [0.15, 0.2) is 0 Å². The van der Waals surface area contributed by atoms with E-state index in [-0.39, 0.29) is 17.5 Å². The van der Waals surface area contributed by atoms with Crippen molar-refractivity contribution in [2.75, 3.05) is 5.32 Å². The lowest BCUT2D eigenvalue weighted by Gasteiger charge is -2.23. The van der Waals surface area contributed by atoms with Gasteiger partial charge in [-0.05, 0) is 37.5 Å². The molecule has 9 heteroatoms. The van der Waals surface area contributed by atoms with E-state index in [2.05, 4.69) is 15.4 Å². The second-order valence-electron chi connectivity index (χ2n) is 9.03. The van der Waals surface area contributed by atoms with Gasteiger partial charge in [-0.1, -0.05) is 73.9 Å². The molecule has 1 atom stereocenters. The number of alkyl carbamates (subject to hydrolysis) is 1. The number of ether oxygens (including phenoxy) is 1. The van der Waals surface area contributed by atoms with Gasteiger partial charge in [0, 0.05) is 22.5 Å². The molecule has 1 aliphatic rings. The highest BCUT2D eigenvalue weighted by Crippen LogP contribution is 2.30. The van der Waals surface area contributed by atoms with Crippen LogP contribution >= 0.6 is 0 Å². The summed E-state index contributed by atoms with van der Waals surface area (Å²) in [5.41, 5.74) is 1.29. The Morgan fingerprint density at radius 3 is 2.36 bits per heavy atom. The highest BCUT2D eigenvalue weighted by Gasteiger charge is 2.24. The largest absolute Gasteiger partial charge is 0.445 e. The predicted molar refractivity (Wildman–Crippen MR) is 139 cm³/mol. The third kappa shape index (κ3) is 6.41.